The largest absolute Gasteiger partial charge is 0.372 e. The van der Waals surface area contributed by atoms with Gasteiger partial charge in [-0.3, -0.25) is 9.59 Å². The molecule has 25 heavy (non-hydrogen) atoms. The van der Waals surface area contributed by atoms with E-state index in [1.807, 2.05) is 26.0 Å². The van der Waals surface area contributed by atoms with Gasteiger partial charge in [0.25, 0.3) is 0 Å². The molecule has 0 saturated carbocycles. The van der Waals surface area contributed by atoms with Gasteiger partial charge in [-0.25, -0.2) is 0 Å². The summed E-state index contributed by atoms with van der Waals surface area (Å²) in [6.07, 6.45) is 4.33. The molecule has 0 bridgehead atoms. The van der Waals surface area contributed by atoms with Crippen molar-refractivity contribution in [1.82, 2.24) is 5.32 Å². The van der Waals surface area contributed by atoms with Crippen molar-refractivity contribution in [2.24, 2.45) is 5.92 Å². The fraction of sp³-hybridized carbons (Fsp3) is 0.600. The summed E-state index contributed by atoms with van der Waals surface area (Å²) in [4.78, 5) is 27.8. The monoisotopic (exact) mass is 345 g/mol. The predicted octanol–water partition coefficient (Wildman–Crippen LogP) is 3.19. The predicted molar refractivity (Wildman–Crippen MR) is 103 cm³/mol. The minimum Gasteiger partial charge on any atom is -0.372 e. The van der Waals surface area contributed by atoms with Gasteiger partial charge in [0.2, 0.25) is 11.8 Å². The number of nitrogens with one attached hydrogen (secondary N) is 1. The molecule has 1 heterocycles. The summed E-state index contributed by atoms with van der Waals surface area (Å²) in [7, 11) is 0. The van der Waals surface area contributed by atoms with Crippen LogP contribution in [0.2, 0.25) is 0 Å². The Bertz CT molecular complexity index is 563. The topological polar surface area (TPSA) is 52.7 Å². The summed E-state index contributed by atoms with van der Waals surface area (Å²) in [5.41, 5.74) is 2.10. The Morgan fingerprint density at radius 3 is 2.32 bits per heavy atom. The van der Waals surface area contributed by atoms with Crippen molar-refractivity contribution >= 4 is 23.2 Å². The molecule has 5 heteroatoms. The number of amides is 2. The van der Waals surface area contributed by atoms with E-state index in [9.17, 15) is 9.59 Å². The van der Waals surface area contributed by atoms with Crippen LogP contribution >= 0.6 is 0 Å². The van der Waals surface area contributed by atoms with E-state index in [-0.39, 0.29) is 11.8 Å². The first-order valence-corrected chi connectivity index (χ1v) is 9.37. The van der Waals surface area contributed by atoms with Crippen LogP contribution in [0.25, 0.3) is 0 Å². The molecule has 1 N–H and O–H groups in total. The Hall–Kier alpha value is -2.04. The standard InChI is InChI=1S/C20H31N3O2/c1-16(2)15-20(25)21-11-14-23(17(3)24)19-9-7-18(8-10-19)22-12-5-4-6-13-22/h7-10,16H,4-6,11-15H2,1-3H3,(H,21,25). The lowest BCUT2D eigenvalue weighted by Crippen LogP contribution is -2.37. The molecule has 1 fully saturated rings. The SMILES string of the molecule is CC(=O)N(CCNC(=O)CC(C)C)c1ccc(N2CCCCC2)cc1. The number of carbonyl (C=O) groups is 2. The van der Waals surface area contributed by atoms with E-state index in [1.165, 1.54) is 24.9 Å². The first kappa shape index (κ1) is 19.3. The summed E-state index contributed by atoms with van der Waals surface area (Å²) in [6, 6.07) is 8.18. The molecule has 1 aliphatic rings. The van der Waals surface area contributed by atoms with Crippen molar-refractivity contribution in [2.75, 3.05) is 36.0 Å². The van der Waals surface area contributed by atoms with Crippen molar-refractivity contribution in [3.63, 3.8) is 0 Å². The van der Waals surface area contributed by atoms with Gasteiger partial charge in [-0.1, -0.05) is 13.8 Å². The Morgan fingerprint density at radius 1 is 1.12 bits per heavy atom. The Labute approximate surface area is 151 Å². The fourth-order valence-electron chi connectivity index (χ4n) is 3.21. The summed E-state index contributed by atoms with van der Waals surface area (Å²) in [5.74, 6) is 0.369. The van der Waals surface area contributed by atoms with Crippen LogP contribution in [-0.4, -0.2) is 38.0 Å². The van der Waals surface area contributed by atoms with Crippen LogP contribution in [-0.2, 0) is 9.59 Å². The highest BCUT2D eigenvalue weighted by Gasteiger charge is 2.14. The summed E-state index contributed by atoms with van der Waals surface area (Å²) in [6.45, 7) is 8.78. The number of piperidine rings is 1. The molecule has 2 rings (SSSR count). The quantitative estimate of drug-likeness (QED) is 0.826. The maximum absolute atomic E-state index is 12.0. The lowest BCUT2D eigenvalue weighted by atomic mass is 10.1. The van der Waals surface area contributed by atoms with Crippen molar-refractivity contribution < 1.29 is 9.59 Å². The van der Waals surface area contributed by atoms with Crippen LogP contribution in [0.15, 0.2) is 24.3 Å². The molecular formula is C20H31N3O2. The minimum absolute atomic E-state index is 0.0103. The van der Waals surface area contributed by atoms with Gasteiger partial charge in [-0.2, -0.15) is 0 Å². The van der Waals surface area contributed by atoms with Gasteiger partial charge in [0.1, 0.15) is 0 Å². The third kappa shape index (κ3) is 6.07. The van der Waals surface area contributed by atoms with Crippen molar-refractivity contribution in [2.45, 2.75) is 46.5 Å². The Kier molecular flexibility index (Phi) is 7.29. The van der Waals surface area contributed by atoms with E-state index in [2.05, 4.69) is 22.3 Å². The molecule has 0 aliphatic carbocycles. The van der Waals surface area contributed by atoms with Crippen LogP contribution in [0.5, 0.6) is 0 Å². The second-order valence-corrected chi connectivity index (χ2v) is 7.18. The van der Waals surface area contributed by atoms with Gasteiger partial charge in [0.15, 0.2) is 0 Å². The molecule has 1 aliphatic heterocycles. The average molecular weight is 345 g/mol. The van der Waals surface area contributed by atoms with Crippen molar-refractivity contribution in [3.8, 4) is 0 Å². The van der Waals surface area contributed by atoms with E-state index in [0.717, 1.165) is 18.8 Å². The molecule has 0 aromatic heterocycles. The summed E-state index contributed by atoms with van der Waals surface area (Å²) < 4.78 is 0. The zero-order valence-corrected chi connectivity index (χ0v) is 15.8. The number of nitrogens with zero attached hydrogens (tertiary/aromatic N) is 2. The van der Waals surface area contributed by atoms with Crippen LogP contribution in [0.3, 0.4) is 0 Å². The lowest BCUT2D eigenvalue weighted by molar-refractivity contribution is -0.122. The number of anilines is 2. The summed E-state index contributed by atoms with van der Waals surface area (Å²) in [5, 5.41) is 2.89. The fourth-order valence-corrected chi connectivity index (χ4v) is 3.21. The maximum atomic E-state index is 12.0. The van der Waals surface area contributed by atoms with Gasteiger partial charge >= 0.3 is 0 Å². The highest BCUT2D eigenvalue weighted by molar-refractivity contribution is 5.91. The maximum Gasteiger partial charge on any atom is 0.223 e. The lowest BCUT2D eigenvalue weighted by Gasteiger charge is -2.29. The molecule has 1 aromatic rings. The van der Waals surface area contributed by atoms with Crippen LogP contribution in [0.4, 0.5) is 11.4 Å². The highest BCUT2D eigenvalue weighted by Crippen LogP contribution is 2.23. The smallest absolute Gasteiger partial charge is 0.223 e. The molecule has 1 saturated heterocycles. The minimum atomic E-state index is -0.0103. The second kappa shape index (κ2) is 9.44. The second-order valence-electron chi connectivity index (χ2n) is 7.18. The number of hydrogen-bond acceptors (Lipinski definition) is 3. The molecule has 0 unspecified atom stereocenters. The van der Waals surface area contributed by atoms with Crippen molar-refractivity contribution in [1.29, 1.82) is 0 Å². The Balaban J connectivity index is 1.92. The Morgan fingerprint density at radius 2 is 1.76 bits per heavy atom. The first-order chi connectivity index (χ1) is 12.0. The van der Waals surface area contributed by atoms with Gasteiger partial charge in [0, 0.05) is 50.9 Å². The van der Waals surface area contributed by atoms with Crippen molar-refractivity contribution in [3.05, 3.63) is 24.3 Å². The highest BCUT2D eigenvalue weighted by atomic mass is 16.2. The normalized spacial score (nSPS) is 14.5. The number of rotatable bonds is 7. The van der Waals surface area contributed by atoms with Crippen LogP contribution in [0, 0.1) is 5.92 Å². The van der Waals surface area contributed by atoms with E-state index < -0.39 is 0 Å². The van der Waals surface area contributed by atoms with E-state index >= 15 is 0 Å². The molecule has 0 radical (unpaired) electrons. The molecule has 1 aromatic carbocycles. The zero-order valence-electron chi connectivity index (χ0n) is 15.8. The molecule has 138 valence electrons. The van der Waals surface area contributed by atoms with Gasteiger partial charge in [-0.05, 0) is 49.4 Å². The van der Waals surface area contributed by atoms with E-state index in [4.69, 9.17) is 0 Å². The number of benzene rings is 1. The third-order valence-electron chi connectivity index (χ3n) is 4.51. The molecule has 5 nitrogen and oxygen atoms in total. The molecule has 2 amide bonds. The number of carbonyl (C=O) groups excluding carboxylic acids is 2. The van der Waals surface area contributed by atoms with Crippen LogP contribution < -0.4 is 15.1 Å². The van der Waals surface area contributed by atoms with Gasteiger partial charge in [0.05, 0.1) is 0 Å². The number of hydrogen-bond donors (Lipinski definition) is 1. The molecule has 0 spiro atoms. The molecular weight excluding hydrogens is 314 g/mol. The van der Waals surface area contributed by atoms with E-state index in [1.54, 1.807) is 11.8 Å². The van der Waals surface area contributed by atoms with Gasteiger partial charge < -0.3 is 15.1 Å². The van der Waals surface area contributed by atoms with Crippen LogP contribution in [0.1, 0.15) is 46.5 Å². The first-order valence-electron chi connectivity index (χ1n) is 9.37. The third-order valence-corrected chi connectivity index (χ3v) is 4.51. The molecule has 0 atom stereocenters. The zero-order chi connectivity index (χ0) is 18.2. The average Bonchev–Trinajstić information content (AvgIpc) is 2.59. The summed E-state index contributed by atoms with van der Waals surface area (Å²) >= 11 is 0. The van der Waals surface area contributed by atoms with Gasteiger partial charge in [-0.15, -0.1) is 0 Å². The van der Waals surface area contributed by atoms with E-state index in [0.29, 0.717) is 25.4 Å².